The smallest absolute Gasteiger partial charge is 0.233 e. The normalized spacial score (nSPS) is 10.9. The van der Waals surface area contributed by atoms with Crippen molar-refractivity contribution < 1.29 is 4.79 Å². The van der Waals surface area contributed by atoms with E-state index in [1.165, 1.54) is 38.5 Å². The Bertz CT molecular complexity index is 210. The van der Waals surface area contributed by atoms with Crippen LogP contribution in [0.15, 0.2) is 0 Å². The Morgan fingerprint density at radius 3 is 2.32 bits per heavy atom. The van der Waals surface area contributed by atoms with Gasteiger partial charge in [0, 0.05) is 12.4 Å². The van der Waals surface area contributed by atoms with E-state index in [1.807, 2.05) is 6.26 Å². The van der Waals surface area contributed by atoms with Gasteiger partial charge in [0.05, 0.1) is 6.54 Å². The fourth-order valence-electron chi connectivity index (χ4n) is 1.94. The van der Waals surface area contributed by atoms with Crippen LogP contribution in [0.25, 0.3) is 0 Å². The van der Waals surface area contributed by atoms with Gasteiger partial charge in [0.25, 0.3) is 0 Å². The van der Waals surface area contributed by atoms with Crippen LogP contribution in [0.2, 0.25) is 0 Å². The molecular formula is C15H32N2OS. The minimum atomic E-state index is 0.117. The summed E-state index contributed by atoms with van der Waals surface area (Å²) in [5.41, 5.74) is 0. The zero-order valence-electron chi connectivity index (χ0n) is 13.0. The van der Waals surface area contributed by atoms with E-state index in [0.717, 1.165) is 24.8 Å². The number of unbranched alkanes of at least 4 members (excludes halogenated alkanes) is 5. The molecule has 0 rings (SSSR count). The minimum absolute atomic E-state index is 0.117. The molecule has 0 heterocycles. The quantitative estimate of drug-likeness (QED) is 0.403. The van der Waals surface area contributed by atoms with Gasteiger partial charge in [-0.1, -0.05) is 52.4 Å². The number of hydrogen-bond acceptors (Lipinski definition) is 3. The SMILES string of the molecule is CSCNCC(=O)NCCCCCCCCC(C)C. The summed E-state index contributed by atoms with van der Waals surface area (Å²) in [7, 11) is 0. The molecular weight excluding hydrogens is 256 g/mol. The lowest BCUT2D eigenvalue weighted by molar-refractivity contribution is -0.120. The van der Waals surface area contributed by atoms with Crippen molar-refractivity contribution >= 4 is 17.7 Å². The van der Waals surface area contributed by atoms with Crippen molar-refractivity contribution in [1.82, 2.24) is 10.6 Å². The van der Waals surface area contributed by atoms with Crippen molar-refractivity contribution in [2.24, 2.45) is 5.92 Å². The second-order valence-electron chi connectivity index (χ2n) is 5.51. The van der Waals surface area contributed by atoms with Gasteiger partial charge in [0.15, 0.2) is 0 Å². The van der Waals surface area contributed by atoms with Crippen molar-refractivity contribution in [1.29, 1.82) is 0 Å². The van der Waals surface area contributed by atoms with E-state index in [9.17, 15) is 4.79 Å². The van der Waals surface area contributed by atoms with Crippen LogP contribution in [-0.4, -0.2) is 31.1 Å². The Kier molecular flexibility index (Phi) is 14.0. The molecule has 0 atom stereocenters. The molecule has 114 valence electrons. The third-order valence-corrected chi connectivity index (χ3v) is 3.56. The zero-order chi connectivity index (χ0) is 14.3. The summed E-state index contributed by atoms with van der Waals surface area (Å²) < 4.78 is 0. The van der Waals surface area contributed by atoms with E-state index in [-0.39, 0.29) is 5.91 Å². The van der Waals surface area contributed by atoms with Crippen LogP contribution in [0, 0.1) is 5.92 Å². The summed E-state index contributed by atoms with van der Waals surface area (Å²) in [5.74, 6) is 1.80. The Labute approximate surface area is 123 Å². The molecule has 2 N–H and O–H groups in total. The summed E-state index contributed by atoms with van der Waals surface area (Å²) in [6.45, 7) is 5.84. The maximum Gasteiger partial charge on any atom is 0.233 e. The van der Waals surface area contributed by atoms with Crippen LogP contribution >= 0.6 is 11.8 Å². The van der Waals surface area contributed by atoms with Gasteiger partial charge in [-0.05, 0) is 18.6 Å². The standard InChI is InChI=1S/C15H32N2OS/c1-14(2)10-8-6-4-5-7-9-11-17-15(18)12-16-13-19-3/h14,16H,4-13H2,1-3H3,(H,17,18). The Balaban J connectivity index is 3.11. The molecule has 0 aliphatic rings. The van der Waals surface area contributed by atoms with Crippen LogP contribution in [0.4, 0.5) is 0 Å². The Morgan fingerprint density at radius 1 is 1.05 bits per heavy atom. The van der Waals surface area contributed by atoms with Gasteiger partial charge >= 0.3 is 0 Å². The molecule has 4 heteroatoms. The van der Waals surface area contributed by atoms with Crippen molar-refractivity contribution in [2.45, 2.75) is 58.8 Å². The van der Waals surface area contributed by atoms with Crippen molar-refractivity contribution in [3.63, 3.8) is 0 Å². The molecule has 0 saturated heterocycles. The molecule has 0 saturated carbocycles. The highest BCUT2D eigenvalue weighted by atomic mass is 32.2. The van der Waals surface area contributed by atoms with Crippen LogP contribution in [0.3, 0.4) is 0 Å². The fraction of sp³-hybridized carbons (Fsp3) is 0.933. The van der Waals surface area contributed by atoms with Gasteiger partial charge in [-0.3, -0.25) is 10.1 Å². The average molecular weight is 289 g/mol. The monoisotopic (exact) mass is 288 g/mol. The van der Waals surface area contributed by atoms with Gasteiger partial charge in [-0.15, -0.1) is 11.8 Å². The van der Waals surface area contributed by atoms with E-state index < -0.39 is 0 Å². The third kappa shape index (κ3) is 15.7. The van der Waals surface area contributed by atoms with Gasteiger partial charge in [-0.25, -0.2) is 0 Å². The first-order chi connectivity index (χ1) is 9.16. The van der Waals surface area contributed by atoms with Crippen molar-refractivity contribution in [3.05, 3.63) is 0 Å². The lowest BCUT2D eigenvalue weighted by atomic mass is 10.0. The third-order valence-electron chi connectivity index (χ3n) is 3.06. The predicted octanol–water partition coefficient (Wildman–Crippen LogP) is 3.40. The first-order valence-corrected chi connectivity index (χ1v) is 9.02. The first-order valence-electron chi connectivity index (χ1n) is 7.63. The van der Waals surface area contributed by atoms with Crippen LogP contribution in [-0.2, 0) is 4.79 Å². The first kappa shape index (κ1) is 18.8. The maximum absolute atomic E-state index is 11.4. The van der Waals surface area contributed by atoms with Gasteiger partial charge in [0.1, 0.15) is 0 Å². The zero-order valence-corrected chi connectivity index (χ0v) is 13.8. The molecule has 3 nitrogen and oxygen atoms in total. The van der Waals surface area contributed by atoms with E-state index in [4.69, 9.17) is 0 Å². The highest BCUT2D eigenvalue weighted by molar-refractivity contribution is 7.98. The maximum atomic E-state index is 11.4. The molecule has 0 aliphatic heterocycles. The van der Waals surface area contributed by atoms with E-state index in [1.54, 1.807) is 11.8 Å². The number of amides is 1. The molecule has 0 bridgehead atoms. The summed E-state index contributed by atoms with van der Waals surface area (Å²) >= 11 is 1.70. The second-order valence-corrected chi connectivity index (χ2v) is 6.38. The van der Waals surface area contributed by atoms with Gasteiger partial charge in [-0.2, -0.15) is 0 Å². The average Bonchev–Trinajstić information content (AvgIpc) is 2.36. The number of carbonyl (C=O) groups is 1. The lowest BCUT2D eigenvalue weighted by Crippen LogP contribution is -2.34. The molecule has 0 spiro atoms. The molecule has 0 aliphatic carbocycles. The number of nitrogens with one attached hydrogen (secondary N) is 2. The molecule has 0 unspecified atom stereocenters. The molecule has 0 aromatic heterocycles. The highest BCUT2D eigenvalue weighted by Crippen LogP contribution is 2.10. The molecule has 0 fully saturated rings. The number of carbonyl (C=O) groups excluding carboxylic acids is 1. The molecule has 0 aromatic rings. The number of thioether (sulfide) groups is 1. The highest BCUT2D eigenvalue weighted by Gasteiger charge is 1.99. The van der Waals surface area contributed by atoms with Crippen molar-refractivity contribution in [3.8, 4) is 0 Å². The van der Waals surface area contributed by atoms with Gasteiger partial charge in [0.2, 0.25) is 5.91 Å². The van der Waals surface area contributed by atoms with Crippen LogP contribution in [0.1, 0.15) is 58.8 Å². The van der Waals surface area contributed by atoms with Crippen molar-refractivity contribution in [2.75, 3.05) is 25.2 Å². The van der Waals surface area contributed by atoms with Crippen LogP contribution < -0.4 is 10.6 Å². The van der Waals surface area contributed by atoms with E-state index in [2.05, 4.69) is 24.5 Å². The predicted molar refractivity (Wildman–Crippen MR) is 86.6 cm³/mol. The molecule has 0 radical (unpaired) electrons. The Morgan fingerprint density at radius 2 is 1.68 bits per heavy atom. The summed E-state index contributed by atoms with van der Waals surface area (Å²) in [6, 6.07) is 0. The fourth-order valence-corrected chi connectivity index (χ4v) is 2.25. The lowest BCUT2D eigenvalue weighted by Gasteiger charge is -2.06. The Hall–Kier alpha value is -0.220. The minimum Gasteiger partial charge on any atom is -0.355 e. The van der Waals surface area contributed by atoms with E-state index in [0.29, 0.717) is 6.54 Å². The summed E-state index contributed by atoms with van der Waals surface area (Å²) in [5, 5.41) is 6.02. The molecule has 19 heavy (non-hydrogen) atoms. The van der Waals surface area contributed by atoms with Gasteiger partial charge < -0.3 is 5.32 Å². The largest absolute Gasteiger partial charge is 0.355 e. The number of rotatable bonds is 13. The molecule has 0 aromatic carbocycles. The summed E-state index contributed by atoms with van der Waals surface area (Å²) in [6.07, 6.45) is 11.1. The second kappa shape index (κ2) is 14.2. The number of hydrogen-bond donors (Lipinski definition) is 2. The van der Waals surface area contributed by atoms with E-state index >= 15 is 0 Å². The topological polar surface area (TPSA) is 41.1 Å². The van der Waals surface area contributed by atoms with Crippen LogP contribution in [0.5, 0.6) is 0 Å². The summed E-state index contributed by atoms with van der Waals surface area (Å²) in [4.78, 5) is 11.4. The molecule has 1 amide bonds.